The fourth-order valence-corrected chi connectivity index (χ4v) is 6.24. The Morgan fingerprint density at radius 2 is 1.37 bits per heavy atom. The number of fused-ring (bicyclic) bond motifs is 4. The predicted octanol–water partition coefficient (Wildman–Crippen LogP) is 7.75. The first-order chi connectivity index (χ1) is 18.1. The van der Waals surface area contributed by atoms with E-state index in [-0.39, 0.29) is 25.5 Å². The third-order valence-electron chi connectivity index (χ3n) is 6.96. The van der Waals surface area contributed by atoms with Gasteiger partial charge in [-0.1, -0.05) is 104 Å². The molecule has 0 amide bonds. The molecule has 0 bridgehead atoms. The topological polar surface area (TPSA) is 51.6 Å². The molecule has 187 valence electrons. The van der Waals surface area contributed by atoms with Gasteiger partial charge < -0.3 is 0 Å². The molecule has 4 nitrogen and oxygen atoms in total. The zero-order valence-corrected chi connectivity index (χ0v) is 24.1. The van der Waals surface area contributed by atoms with E-state index in [1.807, 2.05) is 84.6 Å². The monoisotopic (exact) mass is 688 g/mol. The molecule has 7 rings (SSSR count). The van der Waals surface area contributed by atoms with E-state index in [1.165, 1.54) is 5.56 Å². The Balaban J connectivity index is 0.00000264. The maximum Gasteiger partial charge on any atom is 0.164 e. The molecule has 1 aliphatic heterocycles. The van der Waals surface area contributed by atoms with Gasteiger partial charge in [-0.05, 0) is 16.5 Å². The van der Waals surface area contributed by atoms with Crippen LogP contribution in [0.4, 0.5) is 0 Å². The molecule has 0 unspecified atom stereocenters. The normalized spacial score (nSPS) is 13.8. The van der Waals surface area contributed by atoms with Gasteiger partial charge in [0.05, 0.1) is 5.03 Å². The number of pyridine rings is 1. The molecule has 0 fully saturated rings. The number of rotatable bonds is 3. The van der Waals surface area contributed by atoms with Crippen LogP contribution in [0.25, 0.3) is 55.8 Å². The number of thioether (sulfide) groups is 1. The predicted molar refractivity (Wildman–Crippen MR) is 152 cm³/mol. The number of hydrogen-bond acceptors (Lipinski definition) is 5. The van der Waals surface area contributed by atoms with Crippen molar-refractivity contribution in [2.45, 2.75) is 24.3 Å². The van der Waals surface area contributed by atoms with Crippen LogP contribution in [-0.4, -0.2) is 25.7 Å². The zero-order chi connectivity index (χ0) is 25.0. The van der Waals surface area contributed by atoms with E-state index in [4.69, 9.17) is 19.9 Å². The van der Waals surface area contributed by atoms with Crippen molar-refractivity contribution in [3.8, 4) is 34.2 Å². The summed E-state index contributed by atoms with van der Waals surface area (Å²) in [4.78, 5) is 19.9. The van der Waals surface area contributed by atoms with Gasteiger partial charge in [-0.2, -0.15) is 0 Å². The molecule has 4 aromatic carbocycles. The van der Waals surface area contributed by atoms with Crippen LogP contribution in [0.5, 0.6) is 0 Å². The summed E-state index contributed by atoms with van der Waals surface area (Å²) in [6.07, 6.45) is 0. The summed E-state index contributed by atoms with van der Waals surface area (Å²) in [7, 11) is 0. The molecular formula is C32H23IrN4S-. The summed E-state index contributed by atoms with van der Waals surface area (Å²) in [5, 5.41) is 4.29. The minimum Gasteiger partial charge on any atom is -0.289 e. The Kier molecular flexibility index (Phi) is 6.35. The number of hydrogen-bond donors (Lipinski definition) is 0. The third-order valence-corrected chi connectivity index (χ3v) is 8.41. The van der Waals surface area contributed by atoms with Crippen molar-refractivity contribution < 1.29 is 20.1 Å². The Morgan fingerprint density at radius 1 is 0.737 bits per heavy atom. The molecule has 0 saturated carbocycles. The van der Waals surface area contributed by atoms with Crippen LogP contribution in [0, 0.1) is 6.07 Å². The smallest absolute Gasteiger partial charge is 0.164 e. The van der Waals surface area contributed by atoms with Gasteiger partial charge >= 0.3 is 0 Å². The first kappa shape index (κ1) is 24.9. The second-order valence-electron chi connectivity index (χ2n) is 10.0. The van der Waals surface area contributed by atoms with Crippen LogP contribution in [-0.2, 0) is 25.5 Å². The number of aromatic nitrogens is 4. The molecule has 38 heavy (non-hydrogen) atoms. The largest absolute Gasteiger partial charge is 0.289 e. The van der Waals surface area contributed by atoms with Gasteiger partial charge in [-0.3, -0.25) is 4.98 Å². The van der Waals surface area contributed by atoms with E-state index < -0.39 is 0 Å². The van der Waals surface area contributed by atoms with Crippen LogP contribution in [0.3, 0.4) is 0 Å². The van der Waals surface area contributed by atoms with Gasteiger partial charge in [0.15, 0.2) is 11.6 Å². The van der Waals surface area contributed by atoms with E-state index in [9.17, 15) is 0 Å². The second kappa shape index (κ2) is 9.70. The summed E-state index contributed by atoms with van der Waals surface area (Å²) in [5.41, 5.74) is 5.30. The van der Waals surface area contributed by atoms with Crippen molar-refractivity contribution in [2.24, 2.45) is 0 Å². The molecular weight excluding hydrogens is 665 g/mol. The molecule has 1 aliphatic rings. The molecule has 3 heterocycles. The molecule has 0 aliphatic carbocycles. The molecule has 0 saturated heterocycles. The van der Waals surface area contributed by atoms with Crippen molar-refractivity contribution in [3.63, 3.8) is 0 Å². The van der Waals surface area contributed by atoms with Crippen LogP contribution < -0.4 is 0 Å². The summed E-state index contributed by atoms with van der Waals surface area (Å²) in [6, 6.07) is 34.2. The number of nitrogens with zero attached hydrogens (tertiary/aromatic N) is 4. The van der Waals surface area contributed by atoms with E-state index in [1.54, 1.807) is 0 Å². The van der Waals surface area contributed by atoms with Crippen LogP contribution in [0.1, 0.15) is 19.4 Å². The Hall–Kier alpha value is -3.44. The Bertz CT molecular complexity index is 1750. The molecule has 0 atom stereocenters. The summed E-state index contributed by atoms with van der Waals surface area (Å²) in [5.74, 6) is 3.00. The van der Waals surface area contributed by atoms with Crippen molar-refractivity contribution in [1.29, 1.82) is 0 Å². The van der Waals surface area contributed by atoms with Crippen molar-refractivity contribution >= 4 is 33.4 Å². The van der Waals surface area contributed by atoms with Gasteiger partial charge in [-0.15, -0.1) is 35.3 Å². The molecule has 1 radical (unpaired) electrons. The number of benzene rings is 4. The van der Waals surface area contributed by atoms with Crippen LogP contribution in [0.15, 0.2) is 96.0 Å². The standard InChI is InChI=1S/C32H23N4S.Ir/c1-32(2)19-37-31-26(32)18-22-16-17-23-24(27(22)33-31)14-9-15-25(23)30-35-28(20-10-5-3-6-11-20)34-29(36-30)21-12-7-4-8-13-21;/h3-13,15-18H,19H2,1-2H3;/q-1;. The fourth-order valence-electron chi connectivity index (χ4n) is 4.94. The first-order valence-corrected chi connectivity index (χ1v) is 13.3. The molecule has 0 N–H and O–H groups in total. The van der Waals surface area contributed by atoms with Crippen molar-refractivity contribution in [2.75, 3.05) is 5.75 Å². The minimum atomic E-state index is 0. The molecule has 0 spiro atoms. The van der Waals surface area contributed by atoms with Crippen LogP contribution >= 0.6 is 11.8 Å². The summed E-state index contributed by atoms with van der Waals surface area (Å²) < 4.78 is 0. The molecule has 6 heteroatoms. The van der Waals surface area contributed by atoms with Crippen molar-refractivity contribution in [3.05, 3.63) is 103 Å². The van der Waals surface area contributed by atoms with Gasteiger partial charge in [0.25, 0.3) is 0 Å². The maximum absolute atomic E-state index is 5.12. The van der Waals surface area contributed by atoms with E-state index in [0.717, 1.165) is 49.1 Å². The first-order valence-electron chi connectivity index (χ1n) is 12.4. The summed E-state index contributed by atoms with van der Waals surface area (Å²) in [6.45, 7) is 4.58. The van der Waals surface area contributed by atoms with E-state index in [0.29, 0.717) is 17.5 Å². The Labute approximate surface area is 239 Å². The minimum absolute atomic E-state index is 0. The molecule has 6 aromatic rings. The van der Waals surface area contributed by atoms with Gasteiger partial charge in [-0.25, -0.2) is 15.0 Å². The van der Waals surface area contributed by atoms with E-state index >= 15 is 0 Å². The zero-order valence-electron chi connectivity index (χ0n) is 20.9. The molecule has 2 aromatic heterocycles. The van der Waals surface area contributed by atoms with Crippen LogP contribution in [0.2, 0.25) is 0 Å². The maximum atomic E-state index is 5.12. The van der Waals surface area contributed by atoms with E-state index in [2.05, 4.69) is 38.1 Å². The third kappa shape index (κ3) is 4.23. The average Bonchev–Trinajstić information content (AvgIpc) is 3.25. The van der Waals surface area contributed by atoms with Gasteiger partial charge in [0.1, 0.15) is 5.82 Å². The summed E-state index contributed by atoms with van der Waals surface area (Å²) >= 11 is 1.84. The van der Waals surface area contributed by atoms with Gasteiger partial charge in [0.2, 0.25) is 0 Å². The Morgan fingerprint density at radius 3 is 2.03 bits per heavy atom. The second-order valence-corrected chi connectivity index (χ2v) is 11.0. The SMILES string of the molecule is CC1(C)CSc2nc3c(ccc4c(-c5nc(-c6ccccc6)nc(-c6ccccc6)n5)cc[c-]c43)cc21.[Ir]. The van der Waals surface area contributed by atoms with Crippen molar-refractivity contribution in [1.82, 2.24) is 19.9 Å². The van der Waals surface area contributed by atoms with Gasteiger partial charge in [0, 0.05) is 42.4 Å². The fraction of sp³-hybridized carbons (Fsp3) is 0.125. The quantitative estimate of drug-likeness (QED) is 0.141. The average molecular weight is 688 g/mol.